The highest BCUT2D eigenvalue weighted by Crippen LogP contribution is 2.21. The lowest BCUT2D eigenvalue weighted by Crippen LogP contribution is -2.23. The summed E-state index contributed by atoms with van der Waals surface area (Å²) in [6.45, 7) is 3.14. The lowest BCUT2D eigenvalue weighted by molar-refractivity contribution is 0.589. The van der Waals surface area contributed by atoms with Crippen molar-refractivity contribution in [1.29, 1.82) is 0 Å². The first kappa shape index (κ1) is 14.2. The molecular formula is C10H16BrNO2S2. The summed E-state index contributed by atoms with van der Waals surface area (Å²) in [5, 5.41) is 3.14. The molecule has 0 spiro atoms. The van der Waals surface area contributed by atoms with E-state index in [-0.39, 0.29) is 5.75 Å². The maximum Gasteiger partial charge on any atom is 0.151 e. The highest BCUT2D eigenvalue weighted by molar-refractivity contribution is 9.11. The molecule has 1 N–H and O–H groups in total. The quantitative estimate of drug-likeness (QED) is 0.783. The third-order valence-corrected chi connectivity index (χ3v) is 5.51. The largest absolute Gasteiger partial charge is 0.311 e. The molecule has 6 heteroatoms. The van der Waals surface area contributed by atoms with Gasteiger partial charge in [0.2, 0.25) is 0 Å². The van der Waals surface area contributed by atoms with Crippen LogP contribution in [0.4, 0.5) is 0 Å². The van der Waals surface area contributed by atoms with E-state index in [9.17, 15) is 8.42 Å². The van der Waals surface area contributed by atoms with Crippen LogP contribution in [0.15, 0.2) is 15.9 Å². The van der Waals surface area contributed by atoms with E-state index >= 15 is 0 Å². The van der Waals surface area contributed by atoms with Gasteiger partial charge in [-0.1, -0.05) is 6.92 Å². The molecule has 1 rings (SSSR count). The Labute approximate surface area is 109 Å². The van der Waals surface area contributed by atoms with E-state index in [4.69, 9.17) is 0 Å². The number of thiophene rings is 1. The van der Waals surface area contributed by atoms with Gasteiger partial charge in [-0.25, -0.2) is 8.42 Å². The van der Waals surface area contributed by atoms with Crippen LogP contribution in [-0.2, 0) is 16.4 Å². The summed E-state index contributed by atoms with van der Waals surface area (Å²) in [6.07, 6.45) is 0.695. The van der Waals surface area contributed by atoms with Crippen molar-refractivity contribution in [2.45, 2.75) is 19.9 Å². The van der Waals surface area contributed by atoms with Gasteiger partial charge in [-0.15, -0.1) is 11.3 Å². The van der Waals surface area contributed by atoms with Crippen LogP contribution in [0.2, 0.25) is 0 Å². The first-order chi connectivity index (χ1) is 7.53. The molecule has 0 saturated heterocycles. The molecule has 0 amide bonds. The van der Waals surface area contributed by atoms with E-state index in [1.54, 1.807) is 11.3 Å². The van der Waals surface area contributed by atoms with Gasteiger partial charge in [-0.05, 0) is 34.5 Å². The number of halogens is 1. The molecule has 0 unspecified atom stereocenters. The monoisotopic (exact) mass is 325 g/mol. The zero-order valence-electron chi connectivity index (χ0n) is 9.20. The molecule has 0 aliphatic heterocycles. The molecule has 0 aliphatic carbocycles. The van der Waals surface area contributed by atoms with Crippen molar-refractivity contribution in [3.63, 3.8) is 0 Å². The lowest BCUT2D eigenvalue weighted by Gasteiger charge is -2.03. The van der Waals surface area contributed by atoms with E-state index < -0.39 is 9.84 Å². The van der Waals surface area contributed by atoms with Crippen molar-refractivity contribution in [2.75, 3.05) is 18.1 Å². The van der Waals surface area contributed by atoms with Gasteiger partial charge < -0.3 is 5.32 Å². The standard InChI is InChI=1S/C10H16BrNO2S2/c1-2-6-16(13,14)7-5-12-8-9-3-4-10(11)15-9/h3-4,12H,2,5-8H2,1H3. The molecule has 92 valence electrons. The summed E-state index contributed by atoms with van der Waals surface area (Å²) in [4.78, 5) is 1.21. The molecule has 0 atom stereocenters. The van der Waals surface area contributed by atoms with Gasteiger partial charge in [-0.2, -0.15) is 0 Å². The summed E-state index contributed by atoms with van der Waals surface area (Å²) in [7, 11) is -2.85. The minimum atomic E-state index is -2.85. The van der Waals surface area contributed by atoms with Gasteiger partial charge in [-0.3, -0.25) is 0 Å². The Hall–Kier alpha value is 0.0900. The van der Waals surface area contributed by atoms with Crippen molar-refractivity contribution in [1.82, 2.24) is 5.32 Å². The number of sulfone groups is 1. The number of hydrogen-bond acceptors (Lipinski definition) is 4. The second kappa shape index (κ2) is 6.74. The number of nitrogens with one attached hydrogen (secondary N) is 1. The molecule has 16 heavy (non-hydrogen) atoms. The molecular weight excluding hydrogens is 310 g/mol. The predicted octanol–water partition coefficient (Wildman–Crippen LogP) is 2.42. The van der Waals surface area contributed by atoms with Gasteiger partial charge in [0.15, 0.2) is 9.84 Å². The molecule has 0 bridgehead atoms. The van der Waals surface area contributed by atoms with E-state index in [2.05, 4.69) is 21.2 Å². The zero-order valence-corrected chi connectivity index (χ0v) is 12.4. The molecule has 0 radical (unpaired) electrons. The fourth-order valence-corrected chi connectivity index (χ4v) is 4.03. The maximum absolute atomic E-state index is 11.4. The Balaban J connectivity index is 2.22. The third kappa shape index (κ3) is 5.43. The van der Waals surface area contributed by atoms with Crippen LogP contribution in [0.1, 0.15) is 18.2 Å². The summed E-state index contributed by atoms with van der Waals surface area (Å²) in [5.74, 6) is 0.520. The van der Waals surface area contributed by atoms with Crippen LogP contribution in [0.25, 0.3) is 0 Å². The van der Waals surface area contributed by atoms with Crippen LogP contribution < -0.4 is 5.32 Å². The average Bonchev–Trinajstić information content (AvgIpc) is 2.59. The molecule has 0 fully saturated rings. The molecule has 0 aliphatic rings. The summed E-state index contributed by atoms with van der Waals surface area (Å²) >= 11 is 5.05. The molecule has 1 aromatic heterocycles. The summed E-state index contributed by atoms with van der Waals surface area (Å²) < 4.78 is 23.9. The molecule has 0 aromatic carbocycles. The zero-order chi connectivity index (χ0) is 12.0. The number of hydrogen-bond donors (Lipinski definition) is 1. The van der Waals surface area contributed by atoms with Crippen molar-refractivity contribution < 1.29 is 8.42 Å². The van der Waals surface area contributed by atoms with Gasteiger partial charge in [0.05, 0.1) is 9.54 Å². The lowest BCUT2D eigenvalue weighted by atomic mass is 10.4. The van der Waals surface area contributed by atoms with E-state index in [0.29, 0.717) is 18.7 Å². The SMILES string of the molecule is CCCS(=O)(=O)CCNCc1ccc(Br)s1. The second-order valence-corrected chi connectivity index (χ2v) is 8.39. The van der Waals surface area contributed by atoms with Gasteiger partial charge >= 0.3 is 0 Å². The Kier molecular flexibility index (Phi) is 5.96. The first-order valence-corrected chi connectivity index (χ1v) is 8.62. The molecule has 1 heterocycles. The Morgan fingerprint density at radius 3 is 2.69 bits per heavy atom. The van der Waals surface area contributed by atoms with Crippen LogP contribution in [0, 0.1) is 0 Å². The van der Waals surface area contributed by atoms with Gasteiger partial charge in [0.1, 0.15) is 0 Å². The average molecular weight is 326 g/mol. The Bertz CT molecular complexity index is 414. The van der Waals surface area contributed by atoms with Crippen molar-refractivity contribution in [3.8, 4) is 0 Å². The van der Waals surface area contributed by atoms with E-state index in [0.717, 1.165) is 10.3 Å². The third-order valence-electron chi connectivity index (χ3n) is 2.03. The maximum atomic E-state index is 11.4. The summed E-state index contributed by atoms with van der Waals surface area (Å²) in [5.41, 5.74) is 0. The number of rotatable bonds is 7. The van der Waals surface area contributed by atoms with Crippen molar-refractivity contribution >= 4 is 37.1 Å². The topological polar surface area (TPSA) is 46.2 Å². The van der Waals surface area contributed by atoms with Crippen LogP contribution in [0.3, 0.4) is 0 Å². The molecule has 1 aromatic rings. The van der Waals surface area contributed by atoms with E-state index in [1.165, 1.54) is 4.88 Å². The molecule has 0 saturated carbocycles. The second-order valence-electron chi connectivity index (χ2n) is 3.53. The highest BCUT2D eigenvalue weighted by atomic mass is 79.9. The van der Waals surface area contributed by atoms with Crippen LogP contribution in [0.5, 0.6) is 0 Å². The van der Waals surface area contributed by atoms with Crippen molar-refractivity contribution in [3.05, 3.63) is 20.8 Å². The van der Waals surface area contributed by atoms with Crippen LogP contribution >= 0.6 is 27.3 Å². The minimum Gasteiger partial charge on any atom is -0.311 e. The Morgan fingerprint density at radius 2 is 2.12 bits per heavy atom. The predicted molar refractivity (Wildman–Crippen MR) is 72.7 cm³/mol. The minimum absolute atomic E-state index is 0.230. The molecule has 3 nitrogen and oxygen atoms in total. The van der Waals surface area contributed by atoms with E-state index in [1.807, 2.05) is 19.1 Å². The first-order valence-electron chi connectivity index (χ1n) is 5.19. The van der Waals surface area contributed by atoms with Crippen LogP contribution in [-0.4, -0.2) is 26.5 Å². The smallest absolute Gasteiger partial charge is 0.151 e. The fraction of sp³-hybridized carbons (Fsp3) is 0.600. The normalized spacial score (nSPS) is 11.9. The Morgan fingerprint density at radius 1 is 1.38 bits per heavy atom. The van der Waals surface area contributed by atoms with Gasteiger partial charge in [0.25, 0.3) is 0 Å². The fourth-order valence-electron chi connectivity index (χ4n) is 1.30. The van der Waals surface area contributed by atoms with Crippen molar-refractivity contribution in [2.24, 2.45) is 0 Å². The van der Waals surface area contributed by atoms with Gasteiger partial charge in [0, 0.05) is 23.7 Å². The highest BCUT2D eigenvalue weighted by Gasteiger charge is 2.08. The summed E-state index contributed by atoms with van der Waals surface area (Å²) in [6, 6.07) is 4.03.